The molecule has 2 aliphatic heterocycles. The number of aromatic nitrogens is 6. The van der Waals surface area contributed by atoms with Gasteiger partial charge in [0.05, 0.1) is 11.9 Å². The van der Waals surface area contributed by atoms with Crippen molar-refractivity contribution in [3.63, 3.8) is 0 Å². The smallest absolute Gasteiger partial charge is 0.272 e. The lowest BCUT2D eigenvalue weighted by molar-refractivity contribution is 0.0934. The van der Waals surface area contributed by atoms with Gasteiger partial charge < -0.3 is 10.2 Å². The number of aryl methyl sites for hydroxylation is 3. The predicted molar refractivity (Wildman–Crippen MR) is 103 cm³/mol. The molecule has 1 amide bonds. The first-order valence-electron chi connectivity index (χ1n) is 9.60. The van der Waals surface area contributed by atoms with Gasteiger partial charge >= 0.3 is 0 Å². The van der Waals surface area contributed by atoms with Crippen LogP contribution in [0.5, 0.6) is 0 Å². The van der Waals surface area contributed by atoms with Crippen molar-refractivity contribution in [1.82, 2.24) is 34.8 Å². The van der Waals surface area contributed by atoms with E-state index in [1.807, 2.05) is 30.1 Å². The van der Waals surface area contributed by atoms with Gasteiger partial charge in [0.1, 0.15) is 5.69 Å². The molecule has 1 N–H and O–H groups in total. The third kappa shape index (κ3) is 3.12. The van der Waals surface area contributed by atoms with Crippen LogP contribution >= 0.6 is 0 Å². The molecule has 1 saturated heterocycles. The fourth-order valence-electron chi connectivity index (χ4n) is 3.91. The van der Waals surface area contributed by atoms with E-state index in [1.165, 1.54) is 0 Å². The molecular weight excluding hydrogens is 356 g/mol. The van der Waals surface area contributed by atoms with Crippen molar-refractivity contribution in [2.24, 2.45) is 7.05 Å². The van der Waals surface area contributed by atoms with E-state index in [-0.39, 0.29) is 11.9 Å². The number of fused-ring (bicyclic) bond motifs is 1. The first kappa shape index (κ1) is 16.9. The van der Waals surface area contributed by atoms with Gasteiger partial charge in [0.2, 0.25) is 5.95 Å². The molecule has 1 fully saturated rings. The van der Waals surface area contributed by atoms with Crippen LogP contribution in [0.3, 0.4) is 0 Å². The molecule has 5 heterocycles. The summed E-state index contributed by atoms with van der Waals surface area (Å²) in [6.45, 7) is 2.40. The summed E-state index contributed by atoms with van der Waals surface area (Å²) in [6, 6.07) is 3.86. The van der Waals surface area contributed by atoms with Crippen molar-refractivity contribution >= 4 is 11.9 Å². The van der Waals surface area contributed by atoms with Gasteiger partial charge in [-0.3, -0.25) is 14.2 Å². The fraction of sp³-hybridized carbons (Fsp3) is 0.421. The maximum Gasteiger partial charge on any atom is 0.272 e. The van der Waals surface area contributed by atoms with E-state index in [1.54, 1.807) is 17.1 Å². The van der Waals surface area contributed by atoms with E-state index in [2.05, 4.69) is 30.4 Å². The molecule has 5 rings (SSSR count). The summed E-state index contributed by atoms with van der Waals surface area (Å²) in [5.74, 6) is 0.581. The highest BCUT2D eigenvalue weighted by Crippen LogP contribution is 2.21. The minimum absolute atomic E-state index is 0.0645. The molecule has 0 saturated carbocycles. The standard InChI is InChI=1S/C19H22N8O/c1-25-11-13(10-21-25)16-4-6-20-19(23-16)26-8-5-14(12-26)22-18(28)17-9-15-3-2-7-27(15)24-17/h4,6,9-11,14H,2-3,5,7-8,12H2,1H3,(H,22,28). The Morgan fingerprint density at radius 3 is 3.07 bits per heavy atom. The normalized spacial score (nSPS) is 18.5. The first-order chi connectivity index (χ1) is 13.7. The van der Waals surface area contributed by atoms with Crippen LogP contribution in [0.2, 0.25) is 0 Å². The van der Waals surface area contributed by atoms with Gasteiger partial charge in [0.25, 0.3) is 5.91 Å². The lowest BCUT2D eigenvalue weighted by atomic mass is 10.2. The van der Waals surface area contributed by atoms with Crippen molar-refractivity contribution in [2.75, 3.05) is 18.0 Å². The summed E-state index contributed by atoms with van der Waals surface area (Å²) in [7, 11) is 1.88. The van der Waals surface area contributed by atoms with Crippen LogP contribution in [-0.4, -0.2) is 54.6 Å². The number of rotatable bonds is 4. The zero-order valence-electron chi connectivity index (χ0n) is 15.7. The molecule has 0 aliphatic carbocycles. The maximum atomic E-state index is 12.5. The SMILES string of the molecule is Cn1cc(-c2ccnc(N3CCC(NC(=O)c4cc5n(n4)CCC5)C3)n2)cn1. The van der Waals surface area contributed by atoms with Crippen LogP contribution in [-0.2, 0) is 20.0 Å². The minimum Gasteiger partial charge on any atom is -0.346 e. The Labute approximate surface area is 162 Å². The number of nitrogens with one attached hydrogen (secondary N) is 1. The van der Waals surface area contributed by atoms with Crippen LogP contribution in [0.25, 0.3) is 11.3 Å². The van der Waals surface area contributed by atoms with Gasteiger partial charge in [-0.15, -0.1) is 0 Å². The van der Waals surface area contributed by atoms with Crippen molar-refractivity contribution in [3.05, 3.63) is 42.1 Å². The minimum atomic E-state index is -0.0984. The van der Waals surface area contributed by atoms with Crippen LogP contribution < -0.4 is 10.2 Å². The number of anilines is 1. The van der Waals surface area contributed by atoms with E-state index >= 15 is 0 Å². The van der Waals surface area contributed by atoms with Gasteiger partial charge in [-0.1, -0.05) is 0 Å². The topological polar surface area (TPSA) is 93.8 Å². The molecule has 9 nitrogen and oxygen atoms in total. The Morgan fingerprint density at radius 2 is 2.25 bits per heavy atom. The molecule has 1 atom stereocenters. The number of hydrogen-bond donors (Lipinski definition) is 1. The van der Waals surface area contributed by atoms with Crippen molar-refractivity contribution in [2.45, 2.75) is 31.8 Å². The summed E-state index contributed by atoms with van der Waals surface area (Å²) < 4.78 is 3.69. The van der Waals surface area contributed by atoms with Crippen molar-refractivity contribution in [1.29, 1.82) is 0 Å². The average molecular weight is 378 g/mol. The molecule has 3 aromatic rings. The first-order valence-corrected chi connectivity index (χ1v) is 9.60. The van der Waals surface area contributed by atoms with E-state index in [0.717, 1.165) is 49.3 Å². The molecule has 0 aromatic carbocycles. The second-order valence-electron chi connectivity index (χ2n) is 7.40. The number of carbonyl (C=O) groups is 1. The number of amides is 1. The molecule has 144 valence electrons. The molecule has 9 heteroatoms. The Kier molecular flexibility index (Phi) is 4.07. The lowest BCUT2D eigenvalue weighted by Gasteiger charge is -2.17. The number of hydrogen-bond acceptors (Lipinski definition) is 6. The molecular formula is C19H22N8O. The average Bonchev–Trinajstić information content (AvgIpc) is 3.45. The van der Waals surface area contributed by atoms with Crippen molar-refractivity contribution < 1.29 is 4.79 Å². The van der Waals surface area contributed by atoms with E-state index in [0.29, 0.717) is 18.2 Å². The van der Waals surface area contributed by atoms with Crippen molar-refractivity contribution in [3.8, 4) is 11.3 Å². The Bertz CT molecular complexity index is 1000. The van der Waals surface area contributed by atoms with Gasteiger partial charge in [0.15, 0.2) is 0 Å². The second kappa shape index (κ2) is 6.74. The highest BCUT2D eigenvalue weighted by atomic mass is 16.2. The molecule has 3 aromatic heterocycles. The van der Waals surface area contributed by atoms with E-state index in [4.69, 9.17) is 0 Å². The Hall–Kier alpha value is -3.23. The predicted octanol–water partition coefficient (Wildman–Crippen LogP) is 1.03. The van der Waals surface area contributed by atoms with Gasteiger partial charge in [-0.25, -0.2) is 9.97 Å². The summed E-state index contributed by atoms with van der Waals surface area (Å²) >= 11 is 0. The summed E-state index contributed by atoms with van der Waals surface area (Å²) in [5, 5.41) is 11.7. The fourth-order valence-corrected chi connectivity index (χ4v) is 3.91. The van der Waals surface area contributed by atoms with E-state index < -0.39 is 0 Å². The zero-order chi connectivity index (χ0) is 19.1. The zero-order valence-corrected chi connectivity index (χ0v) is 15.7. The molecule has 0 bridgehead atoms. The summed E-state index contributed by atoms with van der Waals surface area (Å²) in [4.78, 5) is 23.7. The Morgan fingerprint density at radius 1 is 1.32 bits per heavy atom. The van der Waals surface area contributed by atoms with Gasteiger partial charge in [-0.05, 0) is 31.4 Å². The molecule has 2 aliphatic rings. The Balaban J connectivity index is 1.25. The quantitative estimate of drug-likeness (QED) is 0.729. The van der Waals surface area contributed by atoms with E-state index in [9.17, 15) is 4.79 Å². The molecule has 1 unspecified atom stereocenters. The number of carbonyl (C=O) groups excluding carboxylic acids is 1. The van der Waals surface area contributed by atoms with Crippen LogP contribution in [0.4, 0.5) is 5.95 Å². The second-order valence-corrected chi connectivity index (χ2v) is 7.40. The van der Waals surface area contributed by atoms with Gasteiger partial charge in [0, 0.05) is 56.4 Å². The largest absolute Gasteiger partial charge is 0.346 e. The molecule has 0 radical (unpaired) electrons. The molecule has 28 heavy (non-hydrogen) atoms. The summed E-state index contributed by atoms with van der Waals surface area (Å²) in [5.41, 5.74) is 3.47. The van der Waals surface area contributed by atoms with Crippen LogP contribution in [0.1, 0.15) is 29.0 Å². The highest BCUT2D eigenvalue weighted by Gasteiger charge is 2.27. The van der Waals surface area contributed by atoms with Gasteiger partial charge in [-0.2, -0.15) is 10.2 Å². The maximum absolute atomic E-state index is 12.5. The third-order valence-corrected chi connectivity index (χ3v) is 5.35. The van der Waals surface area contributed by atoms with Crippen LogP contribution in [0.15, 0.2) is 30.7 Å². The third-order valence-electron chi connectivity index (χ3n) is 5.35. The summed E-state index contributed by atoms with van der Waals surface area (Å²) in [6.07, 6.45) is 8.47. The molecule has 0 spiro atoms. The highest BCUT2D eigenvalue weighted by molar-refractivity contribution is 5.92. The van der Waals surface area contributed by atoms with Crippen LogP contribution in [0, 0.1) is 0 Å². The lowest BCUT2D eigenvalue weighted by Crippen LogP contribution is -2.37. The number of nitrogens with zero attached hydrogens (tertiary/aromatic N) is 7. The monoisotopic (exact) mass is 378 g/mol.